The van der Waals surface area contributed by atoms with E-state index in [1.165, 1.54) is 0 Å². The van der Waals surface area contributed by atoms with E-state index in [4.69, 9.17) is 23.2 Å². The molecule has 0 bridgehead atoms. The molecule has 5 heteroatoms. The lowest BCUT2D eigenvalue weighted by molar-refractivity contribution is -0.129. The van der Waals surface area contributed by atoms with E-state index >= 15 is 0 Å². The number of nitrogens with zero attached hydrogens (tertiary/aromatic N) is 2. The lowest BCUT2D eigenvalue weighted by Crippen LogP contribution is -2.30. The highest BCUT2D eigenvalue weighted by molar-refractivity contribution is 6.36. The van der Waals surface area contributed by atoms with E-state index in [2.05, 4.69) is 4.98 Å². The molecule has 0 atom stereocenters. The molecule has 0 saturated heterocycles. The topological polar surface area (TPSA) is 33.2 Å². The Balaban J connectivity index is 1.94. The first-order valence-electron chi connectivity index (χ1n) is 6.64. The Morgan fingerprint density at radius 2 is 1.86 bits per heavy atom. The molecule has 3 nitrogen and oxygen atoms in total. The number of carbonyl (C=O) groups excluding carboxylic acids is 1. The van der Waals surface area contributed by atoms with Crippen molar-refractivity contribution in [3.05, 3.63) is 63.9 Å². The summed E-state index contributed by atoms with van der Waals surface area (Å²) in [6.45, 7) is 0.609. The smallest absolute Gasteiger partial charge is 0.226 e. The Morgan fingerprint density at radius 1 is 1.14 bits per heavy atom. The third kappa shape index (κ3) is 4.45. The fourth-order valence-electron chi connectivity index (χ4n) is 1.94. The van der Waals surface area contributed by atoms with Crippen LogP contribution >= 0.6 is 23.2 Å². The lowest BCUT2D eigenvalue weighted by Gasteiger charge is -2.17. The molecule has 0 aliphatic rings. The van der Waals surface area contributed by atoms with Crippen molar-refractivity contribution in [1.29, 1.82) is 0 Å². The summed E-state index contributed by atoms with van der Waals surface area (Å²) in [5.41, 5.74) is 1.64. The number of pyridine rings is 1. The third-order valence-electron chi connectivity index (χ3n) is 3.24. The molecular weight excluding hydrogens is 307 g/mol. The second-order valence-electron chi connectivity index (χ2n) is 4.76. The summed E-state index contributed by atoms with van der Waals surface area (Å²) in [4.78, 5) is 18.1. The van der Waals surface area contributed by atoms with Crippen molar-refractivity contribution in [1.82, 2.24) is 9.88 Å². The SMILES string of the molecule is CN(CCc1ccccn1)C(=O)Cc1c(Cl)cccc1Cl. The Hall–Kier alpha value is -1.58. The largest absolute Gasteiger partial charge is 0.345 e. The summed E-state index contributed by atoms with van der Waals surface area (Å²) in [6.07, 6.45) is 2.68. The van der Waals surface area contributed by atoms with Crippen LogP contribution in [0.2, 0.25) is 10.0 Å². The molecule has 0 aliphatic carbocycles. The molecule has 0 N–H and O–H groups in total. The van der Waals surface area contributed by atoms with Crippen LogP contribution in [0, 0.1) is 0 Å². The maximum absolute atomic E-state index is 12.2. The van der Waals surface area contributed by atoms with E-state index in [-0.39, 0.29) is 12.3 Å². The maximum atomic E-state index is 12.2. The van der Waals surface area contributed by atoms with Crippen LogP contribution in [0.15, 0.2) is 42.6 Å². The van der Waals surface area contributed by atoms with Gasteiger partial charge in [0.25, 0.3) is 0 Å². The fraction of sp³-hybridized carbons (Fsp3) is 0.250. The molecule has 0 fully saturated rings. The molecule has 0 aliphatic heterocycles. The number of hydrogen-bond acceptors (Lipinski definition) is 2. The molecule has 110 valence electrons. The van der Waals surface area contributed by atoms with Gasteiger partial charge in [-0.2, -0.15) is 0 Å². The summed E-state index contributed by atoms with van der Waals surface area (Å²) >= 11 is 12.2. The van der Waals surface area contributed by atoms with E-state index < -0.39 is 0 Å². The molecule has 2 aromatic rings. The van der Waals surface area contributed by atoms with Gasteiger partial charge < -0.3 is 4.90 Å². The highest BCUT2D eigenvalue weighted by Gasteiger charge is 2.14. The minimum Gasteiger partial charge on any atom is -0.345 e. The zero-order valence-corrected chi connectivity index (χ0v) is 13.2. The zero-order chi connectivity index (χ0) is 15.2. The lowest BCUT2D eigenvalue weighted by atomic mass is 10.1. The van der Waals surface area contributed by atoms with Crippen molar-refractivity contribution < 1.29 is 4.79 Å². The molecule has 1 aromatic heterocycles. The van der Waals surface area contributed by atoms with E-state index in [1.807, 2.05) is 18.2 Å². The summed E-state index contributed by atoms with van der Waals surface area (Å²) in [5, 5.41) is 1.04. The molecule has 1 amide bonds. The van der Waals surface area contributed by atoms with E-state index in [1.54, 1.807) is 36.3 Å². The van der Waals surface area contributed by atoms with Crippen LogP contribution in [0.4, 0.5) is 0 Å². The monoisotopic (exact) mass is 322 g/mol. The zero-order valence-electron chi connectivity index (χ0n) is 11.7. The molecular formula is C16H16Cl2N2O. The van der Waals surface area contributed by atoms with Gasteiger partial charge in [-0.05, 0) is 29.8 Å². The van der Waals surface area contributed by atoms with Gasteiger partial charge in [0.15, 0.2) is 0 Å². The van der Waals surface area contributed by atoms with Crippen LogP contribution in [-0.2, 0) is 17.6 Å². The van der Waals surface area contributed by atoms with Gasteiger partial charge >= 0.3 is 0 Å². The van der Waals surface area contributed by atoms with Crippen molar-refractivity contribution >= 4 is 29.1 Å². The first-order chi connectivity index (χ1) is 10.1. The van der Waals surface area contributed by atoms with Crippen LogP contribution in [0.25, 0.3) is 0 Å². The third-order valence-corrected chi connectivity index (χ3v) is 3.95. The van der Waals surface area contributed by atoms with Gasteiger partial charge in [0.1, 0.15) is 0 Å². The van der Waals surface area contributed by atoms with Gasteiger partial charge in [-0.25, -0.2) is 0 Å². The second kappa shape index (κ2) is 7.43. The molecule has 0 spiro atoms. The number of hydrogen-bond donors (Lipinski definition) is 0. The normalized spacial score (nSPS) is 10.4. The highest BCUT2D eigenvalue weighted by Crippen LogP contribution is 2.25. The fourth-order valence-corrected chi connectivity index (χ4v) is 2.47. The van der Waals surface area contributed by atoms with Crippen LogP contribution in [0.5, 0.6) is 0 Å². The van der Waals surface area contributed by atoms with Crippen molar-refractivity contribution in [2.75, 3.05) is 13.6 Å². The van der Waals surface area contributed by atoms with Crippen molar-refractivity contribution in [3.8, 4) is 0 Å². The van der Waals surface area contributed by atoms with Crippen LogP contribution in [0.1, 0.15) is 11.3 Å². The van der Waals surface area contributed by atoms with Crippen LogP contribution in [-0.4, -0.2) is 29.4 Å². The van der Waals surface area contributed by atoms with Crippen molar-refractivity contribution in [2.45, 2.75) is 12.8 Å². The number of likely N-dealkylation sites (N-methyl/N-ethyl adjacent to an activating group) is 1. The minimum absolute atomic E-state index is 0.0130. The average Bonchev–Trinajstić information content (AvgIpc) is 2.49. The van der Waals surface area contributed by atoms with Gasteiger partial charge in [-0.3, -0.25) is 9.78 Å². The van der Waals surface area contributed by atoms with E-state index in [0.29, 0.717) is 22.2 Å². The summed E-state index contributed by atoms with van der Waals surface area (Å²) < 4.78 is 0. The number of halogens is 2. The first-order valence-corrected chi connectivity index (χ1v) is 7.40. The van der Waals surface area contributed by atoms with E-state index in [0.717, 1.165) is 12.1 Å². The van der Waals surface area contributed by atoms with Gasteiger partial charge in [0, 0.05) is 41.9 Å². The predicted molar refractivity (Wildman–Crippen MR) is 85.7 cm³/mol. The summed E-state index contributed by atoms with van der Waals surface area (Å²) in [7, 11) is 1.77. The molecule has 0 saturated carbocycles. The quantitative estimate of drug-likeness (QED) is 0.842. The van der Waals surface area contributed by atoms with Crippen LogP contribution in [0.3, 0.4) is 0 Å². The predicted octanol–water partition coefficient (Wildman–Crippen LogP) is 3.63. The number of benzene rings is 1. The standard InChI is InChI=1S/C16H16Cl2N2O/c1-20(10-8-12-5-2-3-9-19-12)16(21)11-13-14(17)6-4-7-15(13)18/h2-7,9H,8,10-11H2,1H3. The number of carbonyl (C=O) groups is 1. The first kappa shape index (κ1) is 15.8. The average molecular weight is 323 g/mol. The minimum atomic E-state index is -0.0130. The summed E-state index contributed by atoms with van der Waals surface area (Å²) in [5.74, 6) is -0.0130. The molecule has 0 unspecified atom stereocenters. The second-order valence-corrected chi connectivity index (χ2v) is 5.58. The number of amides is 1. The van der Waals surface area contributed by atoms with Gasteiger partial charge in [-0.15, -0.1) is 0 Å². The molecule has 1 aromatic carbocycles. The van der Waals surface area contributed by atoms with Gasteiger partial charge in [0.05, 0.1) is 6.42 Å². The summed E-state index contributed by atoms with van der Waals surface area (Å²) in [6, 6.07) is 11.0. The Morgan fingerprint density at radius 3 is 2.48 bits per heavy atom. The Kier molecular flexibility index (Phi) is 5.59. The Bertz CT molecular complexity index is 597. The van der Waals surface area contributed by atoms with Gasteiger partial charge in [-0.1, -0.05) is 35.3 Å². The molecule has 2 rings (SSSR count). The Labute approximate surface area is 134 Å². The molecule has 0 radical (unpaired) electrons. The number of aromatic nitrogens is 1. The van der Waals surface area contributed by atoms with Crippen molar-refractivity contribution in [3.63, 3.8) is 0 Å². The number of rotatable bonds is 5. The van der Waals surface area contributed by atoms with Crippen LogP contribution < -0.4 is 0 Å². The molecule has 21 heavy (non-hydrogen) atoms. The van der Waals surface area contributed by atoms with E-state index in [9.17, 15) is 4.79 Å². The molecule has 1 heterocycles. The van der Waals surface area contributed by atoms with Gasteiger partial charge in [0.2, 0.25) is 5.91 Å². The van der Waals surface area contributed by atoms with Crippen molar-refractivity contribution in [2.24, 2.45) is 0 Å². The highest BCUT2D eigenvalue weighted by atomic mass is 35.5. The maximum Gasteiger partial charge on any atom is 0.226 e.